The van der Waals surface area contributed by atoms with E-state index in [1.807, 2.05) is 0 Å². The molecule has 3 aromatic rings. The van der Waals surface area contributed by atoms with E-state index in [-0.39, 0.29) is 31.9 Å². The van der Waals surface area contributed by atoms with Gasteiger partial charge in [-0.15, -0.1) is 0 Å². The van der Waals surface area contributed by atoms with Crippen LogP contribution in [0.4, 0.5) is 0 Å². The van der Waals surface area contributed by atoms with Crippen molar-refractivity contribution in [2.24, 2.45) is 102 Å². The van der Waals surface area contributed by atoms with Crippen LogP contribution >= 0.6 is 8.60 Å². The van der Waals surface area contributed by atoms with Gasteiger partial charge in [0, 0.05) is 58.9 Å². The summed E-state index contributed by atoms with van der Waals surface area (Å²) in [5, 5.41) is 0. The number of nitrogens with zero attached hydrogens (tertiary/aromatic N) is 3. The summed E-state index contributed by atoms with van der Waals surface area (Å²) in [6.45, 7) is 97.7. The Balaban J connectivity index is 0.00000144. The lowest BCUT2D eigenvalue weighted by Gasteiger charge is -2.43. The lowest BCUT2D eigenvalue weighted by Crippen LogP contribution is -2.45. The molecule has 15 nitrogen and oxygen atoms in total. The second kappa shape index (κ2) is 45.0. The molecule has 638 valence electrons. The highest BCUT2D eigenvalue weighted by Gasteiger charge is 2.36. The number of rotatable bonds is 45. The second-order valence-corrected chi connectivity index (χ2v) is 48.9. The van der Waals surface area contributed by atoms with Crippen LogP contribution in [0.2, 0.25) is 0 Å². The predicted molar refractivity (Wildman–Crippen MR) is 466 cm³/mol. The Morgan fingerprint density at radius 3 is 0.450 bits per heavy atom. The van der Waals surface area contributed by atoms with Crippen molar-refractivity contribution in [1.29, 1.82) is 0 Å². The standard InChI is InChI=1S/3C24H51N.C18H15O12PS3/c3*1-19(2)13-22(7,8)16-25(17-23(9,10)14-20(3)4)18-24(11,12)15-21(5)6;19-32(20,21)16-7-1-13(2-8-16)28-31(29-14-3-9-17(10-4-14)33(22,23)24)30-15-5-11-18(12-6-15)34(25,26)27/h3*19-21H,13-18H2,1-12H3;1-12H,(H,19,20,21)(H,22,23,24)(H,25,26,27). The normalized spacial score (nSPS) is 13.8. The van der Waals surface area contributed by atoms with Crippen molar-refractivity contribution in [2.75, 3.05) is 58.9 Å². The maximum atomic E-state index is 11.2. The molecule has 0 radical (unpaired) electrons. The molecule has 3 rings (SSSR count). The molecule has 19 heteroatoms. The van der Waals surface area contributed by atoms with E-state index in [0.29, 0.717) is 48.7 Å². The molecule has 3 N–H and O–H groups in total. The Hall–Kier alpha value is -2.90. The lowest BCUT2D eigenvalue weighted by atomic mass is 9.78. The lowest BCUT2D eigenvalue weighted by molar-refractivity contribution is 0.0627. The summed E-state index contributed by atoms with van der Waals surface area (Å²) in [4.78, 5) is 7.25. The van der Waals surface area contributed by atoms with E-state index in [9.17, 15) is 25.3 Å². The molecule has 0 unspecified atom stereocenters. The third-order valence-corrected chi connectivity index (χ3v) is 22.1. The molecule has 0 saturated heterocycles. The van der Waals surface area contributed by atoms with Crippen LogP contribution in [0.5, 0.6) is 17.2 Å². The molecule has 0 aliphatic carbocycles. The van der Waals surface area contributed by atoms with Gasteiger partial charge in [0.2, 0.25) is 0 Å². The predicted octanol–water partition coefficient (Wildman–Crippen LogP) is 25.7. The Morgan fingerprint density at radius 2 is 0.358 bits per heavy atom. The fourth-order valence-corrected chi connectivity index (χ4v) is 21.2. The Kier molecular flexibility index (Phi) is 43.8. The average molecular weight is 1610 g/mol. The minimum Gasteiger partial charge on any atom is -0.409 e. The first-order valence-corrected chi connectivity index (χ1v) is 46.5. The summed E-state index contributed by atoms with van der Waals surface area (Å²) >= 11 is 0. The zero-order chi connectivity index (χ0) is 85.3. The van der Waals surface area contributed by atoms with E-state index < -0.39 is 39.0 Å². The van der Waals surface area contributed by atoms with Gasteiger partial charge in [-0.05, 0) is 233 Å². The van der Waals surface area contributed by atoms with Crippen LogP contribution in [0.25, 0.3) is 0 Å². The SMILES string of the molecule is CC(C)CC(C)(C)CN(CC(C)(C)CC(C)C)CC(C)(C)CC(C)C.CC(C)CC(C)(C)CN(CC(C)(C)CC(C)C)CC(C)(C)CC(C)C.CC(C)CC(C)(C)CN(CC(C)(C)CC(C)C)CC(C)(C)CC(C)C.O=S(=O)(O)c1ccc(OP(Oc2ccc(S(=O)(=O)O)cc2)Oc2ccc(S(=O)(=O)O)cc2)cc1. The molecule has 0 amide bonds. The molecular weight excluding hydrogens is 1440 g/mol. The number of hydrogen-bond acceptors (Lipinski definition) is 12. The second-order valence-electron chi connectivity index (χ2n) is 43.6. The summed E-state index contributed by atoms with van der Waals surface area (Å²) in [6, 6.07) is 13.7. The summed E-state index contributed by atoms with van der Waals surface area (Å²) < 4.78 is 111. The van der Waals surface area contributed by atoms with Crippen molar-refractivity contribution in [3.63, 3.8) is 0 Å². The van der Waals surface area contributed by atoms with Crippen molar-refractivity contribution in [3.8, 4) is 17.2 Å². The Labute approximate surface area is 674 Å². The zero-order valence-electron chi connectivity index (χ0n) is 76.4. The van der Waals surface area contributed by atoms with Crippen LogP contribution in [-0.2, 0) is 30.4 Å². The molecule has 0 spiro atoms. The molecule has 0 saturated carbocycles. The van der Waals surface area contributed by atoms with Crippen molar-refractivity contribution in [1.82, 2.24) is 14.7 Å². The third-order valence-electron chi connectivity index (χ3n) is 18.4. The first-order chi connectivity index (χ1) is 48.8. The first-order valence-electron chi connectivity index (χ1n) is 41.1. The maximum Gasteiger partial charge on any atom is 0.530 e. The van der Waals surface area contributed by atoms with Gasteiger partial charge in [-0.1, -0.05) is 249 Å². The van der Waals surface area contributed by atoms with Gasteiger partial charge < -0.3 is 28.3 Å². The topological polar surface area (TPSA) is 201 Å². The van der Waals surface area contributed by atoms with E-state index in [2.05, 4.69) is 264 Å². The molecule has 0 aromatic heterocycles. The van der Waals surface area contributed by atoms with E-state index >= 15 is 0 Å². The maximum absolute atomic E-state index is 11.2. The molecule has 0 aliphatic heterocycles. The van der Waals surface area contributed by atoms with Crippen LogP contribution in [0.1, 0.15) is 307 Å². The molecule has 0 aliphatic rings. The largest absolute Gasteiger partial charge is 0.530 e. The van der Waals surface area contributed by atoms with Crippen LogP contribution in [0, 0.1) is 102 Å². The molecule has 0 fully saturated rings. The fraction of sp³-hybridized carbons (Fsp3) is 0.800. The molecule has 0 bridgehead atoms. The number of benzene rings is 3. The quantitative estimate of drug-likeness (QED) is 0.0356. The van der Waals surface area contributed by atoms with E-state index in [1.165, 1.54) is 153 Å². The Morgan fingerprint density at radius 1 is 0.248 bits per heavy atom. The van der Waals surface area contributed by atoms with Crippen molar-refractivity contribution in [3.05, 3.63) is 72.8 Å². The Bertz CT molecular complexity index is 2840. The highest BCUT2D eigenvalue weighted by Crippen LogP contribution is 2.44. The summed E-state index contributed by atoms with van der Waals surface area (Å²) in [6.07, 6.45) is 11.7. The molecule has 3 aromatic carbocycles. The van der Waals surface area contributed by atoms with Crippen LogP contribution in [0.3, 0.4) is 0 Å². The van der Waals surface area contributed by atoms with Gasteiger partial charge in [0.25, 0.3) is 30.4 Å². The van der Waals surface area contributed by atoms with Gasteiger partial charge in [0.15, 0.2) is 0 Å². The van der Waals surface area contributed by atoms with Crippen molar-refractivity contribution < 1.29 is 52.5 Å². The average Bonchev–Trinajstić information content (AvgIpc) is 0.855. The summed E-state index contributed by atoms with van der Waals surface area (Å²) in [7, 11) is -15.6. The zero-order valence-corrected chi connectivity index (χ0v) is 79.7. The van der Waals surface area contributed by atoms with Gasteiger partial charge in [-0.25, -0.2) is 0 Å². The van der Waals surface area contributed by atoms with Gasteiger partial charge in [0.05, 0.1) is 14.7 Å². The van der Waals surface area contributed by atoms with E-state index in [4.69, 9.17) is 27.2 Å². The van der Waals surface area contributed by atoms with Gasteiger partial charge in [-0.3, -0.25) is 13.7 Å². The highest BCUT2D eigenvalue weighted by molar-refractivity contribution is 7.86. The molecule has 0 heterocycles. The van der Waals surface area contributed by atoms with Gasteiger partial charge in [0.1, 0.15) is 17.2 Å². The van der Waals surface area contributed by atoms with Gasteiger partial charge >= 0.3 is 8.60 Å². The van der Waals surface area contributed by atoms with Crippen molar-refractivity contribution in [2.45, 2.75) is 322 Å². The fourth-order valence-electron chi connectivity index (χ4n) is 18.8. The molecule has 0 atom stereocenters. The van der Waals surface area contributed by atoms with Crippen molar-refractivity contribution >= 4 is 39.0 Å². The number of hydrogen-bond donors (Lipinski definition) is 3. The minimum absolute atomic E-state index is 0.0719. The van der Waals surface area contributed by atoms with Crippen LogP contribution < -0.4 is 13.6 Å². The molecular formula is C90H168N3O12PS3. The third kappa shape index (κ3) is 51.6. The van der Waals surface area contributed by atoms with E-state index in [0.717, 1.165) is 89.7 Å². The smallest absolute Gasteiger partial charge is 0.409 e. The highest BCUT2D eigenvalue weighted by atomic mass is 32.2. The molecule has 109 heavy (non-hydrogen) atoms. The van der Waals surface area contributed by atoms with Crippen LogP contribution in [-0.4, -0.2) is 113 Å². The minimum atomic E-state index is -4.43. The monoisotopic (exact) mass is 1610 g/mol. The summed E-state index contributed by atoms with van der Waals surface area (Å²) in [5.41, 5.74) is 3.46. The summed E-state index contributed by atoms with van der Waals surface area (Å²) in [5.74, 6) is 7.13. The van der Waals surface area contributed by atoms with E-state index in [1.54, 1.807) is 0 Å². The van der Waals surface area contributed by atoms with Crippen LogP contribution in [0.15, 0.2) is 87.5 Å². The van der Waals surface area contributed by atoms with Gasteiger partial charge in [-0.2, -0.15) is 25.3 Å². The first kappa shape index (κ1) is 106.